The van der Waals surface area contributed by atoms with E-state index in [9.17, 15) is 4.79 Å². The Morgan fingerprint density at radius 2 is 2.00 bits per heavy atom. The first-order chi connectivity index (χ1) is 3.89. The zero-order chi connectivity index (χ0) is 7.65. The molecular weight excluding hydrogens is 188 g/mol. The first-order valence-electron chi connectivity index (χ1n) is 1.88. The highest BCUT2D eigenvalue weighted by atomic mass is 35.5. The van der Waals surface area contributed by atoms with Gasteiger partial charge in [-0.25, -0.2) is 4.79 Å². The number of hydrogen-bond donors (Lipinski definition) is 2. The molecule has 0 rings (SSSR count). The molecule has 1 atom stereocenters. The number of alkyl halides is 3. The maximum absolute atomic E-state index is 10.0. The van der Waals surface area contributed by atoms with Crippen molar-refractivity contribution in [1.82, 2.24) is 0 Å². The molecule has 0 heterocycles. The first-order valence-corrected chi connectivity index (χ1v) is 3.13. The Hall–Kier alpha value is 0.300. The van der Waals surface area contributed by atoms with Gasteiger partial charge in [0.25, 0.3) is 0 Å². The Balaban J connectivity index is 4.19. The quantitative estimate of drug-likeness (QED) is 0.502. The largest absolute Gasteiger partial charge is 0.479 e. The Labute approximate surface area is 66.7 Å². The second kappa shape index (κ2) is 2.92. The highest BCUT2D eigenvalue weighted by Gasteiger charge is 2.38. The van der Waals surface area contributed by atoms with Crippen molar-refractivity contribution in [3.63, 3.8) is 0 Å². The lowest BCUT2D eigenvalue weighted by atomic mass is 10.4. The molecule has 0 bridgehead atoms. The second-order valence-electron chi connectivity index (χ2n) is 1.37. The average molecular weight is 192 g/mol. The fourth-order valence-corrected chi connectivity index (χ4v) is 0.280. The minimum atomic E-state index is -2.08. The van der Waals surface area contributed by atoms with Crippen LogP contribution in [-0.4, -0.2) is 20.9 Å². The topological polar surface area (TPSA) is 63.3 Å². The maximum atomic E-state index is 10.0. The van der Waals surface area contributed by atoms with Gasteiger partial charge in [0, 0.05) is 0 Å². The van der Waals surface area contributed by atoms with E-state index in [1.165, 1.54) is 0 Å². The van der Waals surface area contributed by atoms with Crippen molar-refractivity contribution in [2.24, 2.45) is 5.73 Å². The van der Waals surface area contributed by atoms with E-state index in [4.69, 9.17) is 45.6 Å². The lowest BCUT2D eigenvalue weighted by Crippen LogP contribution is -2.47. The SMILES string of the molecule is NC(Cl)(C(=O)O)C(Cl)Cl. The van der Waals surface area contributed by atoms with Crippen molar-refractivity contribution < 1.29 is 9.90 Å². The highest BCUT2D eigenvalue weighted by Crippen LogP contribution is 2.21. The van der Waals surface area contributed by atoms with Crippen LogP contribution < -0.4 is 5.73 Å². The molecule has 0 spiro atoms. The lowest BCUT2D eigenvalue weighted by molar-refractivity contribution is -0.139. The molecule has 0 aliphatic rings. The summed E-state index contributed by atoms with van der Waals surface area (Å²) in [6, 6.07) is 0. The van der Waals surface area contributed by atoms with E-state index < -0.39 is 15.8 Å². The van der Waals surface area contributed by atoms with Crippen molar-refractivity contribution in [3.8, 4) is 0 Å². The van der Waals surface area contributed by atoms with E-state index >= 15 is 0 Å². The van der Waals surface area contributed by atoms with Gasteiger partial charge in [-0.15, -0.1) is 23.2 Å². The van der Waals surface area contributed by atoms with E-state index in [1.54, 1.807) is 0 Å². The molecule has 0 saturated heterocycles. The zero-order valence-corrected chi connectivity index (χ0v) is 6.41. The van der Waals surface area contributed by atoms with Gasteiger partial charge in [0.05, 0.1) is 0 Å². The fourth-order valence-electron chi connectivity index (χ4n) is 0.0933. The number of rotatable bonds is 2. The van der Waals surface area contributed by atoms with Gasteiger partial charge in [0.15, 0.2) is 4.84 Å². The third kappa shape index (κ3) is 2.18. The Morgan fingerprint density at radius 3 is 2.00 bits per heavy atom. The summed E-state index contributed by atoms with van der Waals surface area (Å²) >= 11 is 15.3. The standard InChI is InChI=1S/C3H4Cl3NO2/c4-1(5)3(6,7)2(8)9/h1H,7H2,(H,8,9). The molecule has 0 aromatic heterocycles. The number of carboxylic acid groups (broad SMARTS) is 1. The van der Waals surface area contributed by atoms with Crippen molar-refractivity contribution in [2.75, 3.05) is 0 Å². The normalized spacial score (nSPS) is 17.4. The molecule has 0 aliphatic carbocycles. The number of nitrogens with two attached hydrogens (primary N) is 1. The summed E-state index contributed by atoms with van der Waals surface area (Å²) in [7, 11) is 0. The minimum absolute atomic E-state index is 1.32. The van der Waals surface area contributed by atoms with E-state index in [1.807, 2.05) is 0 Å². The van der Waals surface area contributed by atoms with Crippen LogP contribution in [0.1, 0.15) is 0 Å². The Bertz CT molecular complexity index is 124. The van der Waals surface area contributed by atoms with Crippen molar-refractivity contribution in [2.45, 2.75) is 9.83 Å². The average Bonchev–Trinajstić information content (AvgIpc) is 1.65. The van der Waals surface area contributed by atoms with Gasteiger partial charge in [-0.3, -0.25) is 0 Å². The van der Waals surface area contributed by atoms with Crippen molar-refractivity contribution in [3.05, 3.63) is 0 Å². The number of carbonyl (C=O) groups is 1. The van der Waals surface area contributed by atoms with Crippen LogP contribution in [0.5, 0.6) is 0 Å². The van der Waals surface area contributed by atoms with Crippen LogP contribution in [0.4, 0.5) is 0 Å². The van der Waals surface area contributed by atoms with Crippen LogP contribution in [0.3, 0.4) is 0 Å². The first kappa shape index (κ1) is 9.30. The summed E-state index contributed by atoms with van der Waals surface area (Å²) in [5.41, 5.74) is 4.90. The molecule has 0 fully saturated rings. The molecule has 0 saturated carbocycles. The molecule has 0 radical (unpaired) electrons. The molecule has 6 heteroatoms. The number of hydrogen-bond acceptors (Lipinski definition) is 2. The summed E-state index contributed by atoms with van der Waals surface area (Å²) in [5.74, 6) is -1.45. The van der Waals surface area contributed by atoms with Gasteiger partial charge in [0.1, 0.15) is 0 Å². The summed E-state index contributed by atoms with van der Waals surface area (Å²) < 4.78 is 0. The van der Waals surface area contributed by atoms with Crippen LogP contribution in [0.2, 0.25) is 0 Å². The van der Waals surface area contributed by atoms with Crippen LogP contribution in [0, 0.1) is 0 Å². The molecule has 0 amide bonds. The summed E-state index contributed by atoms with van der Waals surface area (Å²) in [4.78, 5) is 6.63. The molecule has 9 heavy (non-hydrogen) atoms. The molecular formula is C3H4Cl3NO2. The van der Waals surface area contributed by atoms with Crippen LogP contribution in [-0.2, 0) is 4.79 Å². The van der Waals surface area contributed by atoms with Crippen LogP contribution in [0.15, 0.2) is 0 Å². The molecule has 3 N–H and O–H groups in total. The van der Waals surface area contributed by atoms with E-state index in [0.717, 1.165) is 0 Å². The summed E-state index contributed by atoms with van der Waals surface area (Å²) in [6.07, 6.45) is 0. The minimum Gasteiger partial charge on any atom is -0.479 e. The monoisotopic (exact) mass is 191 g/mol. The molecule has 0 aromatic carbocycles. The highest BCUT2D eigenvalue weighted by molar-refractivity contribution is 6.52. The Kier molecular flexibility index (Phi) is 3.02. The fraction of sp³-hybridized carbons (Fsp3) is 0.667. The van der Waals surface area contributed by atoms with Crippen LogP contribution >= 0.6 is 34.8 Å². The third-order valence-corrected chi connectivity index (χ3v) is 1.94. The van der Waals surface area contributed by atoms with Gasteiger partial charge in [-0.2, -0.15) is 0 Å². The Morgan fingerprint density at radius 1 is 1.67 bits per heavy atom. The molecule has 1 unspecified atom stereocenters. The maximum Gasteiger partial charge on any atom is 0.342 e. The number of halogens is 3. The van der Waals surface area contributed by atoms with Gasteiger partial charge >= 0.3 is 5.97 Å². The van der Waals surface area contributed by atoms with Crippen LogP contribution in [0.25, 0.3) is 0 Å². The van der Waals surface area contributed by atoms with E-state index in [-0.39, 0.29) is 0 Å². The third-order valence-electron chi connectivity index (χ3n) is 0.645. The smallest absolute Gasteiger partial charge is 0.342 e. The molecule has 3 nitrogen and oxygen atoms in total. The molecule has 0 aromatic rings. The summed E-state index contributed by atoms with van der Waals surface area (Å²) in [6.45, 7) is 0. The number of carboxylic acids is 1. The predicted octanol–water partition coefficient (Wildman–Crippen LogP) is 0.768. The summed E-state index contributed by atoms with van der Waals surface area (Å²) in [5, 5.41) is 8.19. The van der Waals surface area contributed by atoms with Gasteiger partial charge < -0.3 is 10.8 Å². The molecule has 0 aliphatic heterocycles. The van der Waals surface area contributed by atoms with Crippen molar-refractivity contribution in [1.29, 1.82) is 0 Å². The van der Waals surface area contributed by atoms with E-state index in [0.29, 0.717) is 0 Å². The van der Waals surface area contributed by atoms with Gasteiger partial charge in [-0.1, -0.05) is 11.6 Å². The predicted molar refractivity (Wildman–Crippen MR) is 35.9 cm³/mol. The zero-order valence-electron chi connectivity index (χ0n) is 4.14. The lowest BCUT2D eigenvalue weighted by Gasteiger charge is -2.16. The van der Waals surface area contributed by atoms with E-state index in [2.05, 4.69) is 0 Å². The molecule has 54 valence electrons. The van der Waals surface area contributed by atoms with Crippen molar-refractivity contribution >= 4 is 40.8 Å². The second-order valence-corrected chi connectivity index (χ2v) is 3.10. The number of aliphatic carboxylic acids is 1. The van der Waals surface area contributed by atoms with Gasteiger partial charge in [0.2, 0.25) is 5.00 Å². The van der Waals surface area contributed by atoms with Gasteiger partial charge in [-0.05, 0) is 0 Å².